The van der Waals surface area contributed by atoms with Crippen LogP contribution >= 0.6 is 0 Å². The summed E-state index contributed by atoms with van der Waals surface area (Å²) in [4.78, 5) is 27.5. The summed E-state index contributed by atoms with van der Waals surface area (Å²) in [6.07, 6.45) is 1.82. The Labute approximate surface area is 173 Å². The van der Waals surface area contributed by atoms with Crippen molar-refractivity contribution in [3.8, 4) is 0 Å². The quantitative estimate of drug-likeness (QED) is 0.513. The number of aryl methyl sites for hydroxylation is 1. The largest absolute Gasteiger partial charge is 0.451 e. The first-order valence-electron chi connectivity index (χ1n) is 9.99. The molecule has 4 aromatic rings. The lowest BCUT2D eigenvalue weighted by molar-refractivity contribution is 0.0982. The van der Waals surface area contributed by atoms with E-state index in [1.807, 2.05) is 72.8 Å². The third-order valence-electron chi connectivity index (χ3n) is 5.38. The summed E-state index contributed by atoms with van der Waals surface area (Å²) in [5, 5.41) is 3.78. The molecule has 0 saturated carbocycles. The van der Waals surface area contributed by atoms with Gasteiger partial charge in [-0.3, -0.25) is 9.59 Å². The van der Waals surface area contributed by atoms with Crippen LogP contribution in [0.1, 0.15) is 32.9 Å². The first-order chi connectivity index (χ1) is 14.7. The third-order valence-corrected chi connectivity index (χ3v) is 5.38. The average molecular weight is 396 g/mol. The highest BCUT2D eigenvalue weighted by Crippen LogP contribution is 2.31. The van der Waals surface area contributed by atoms with E-state index in [9.17, 15) is 9.59 Å². The van der Waals surface area contributed by atoms with Crippen molar-refractivity contribution in [3.05, 3.63) is 95.7 Å². The highest BCUT2D eigenvalue weighted by molar-refractivity contribution is 6.08. The SMILES string of the molecule is O=C(Nc1ccc2c(c1)N(C(=O)c1ccccc1)CCC2)c1cc2ccccc2o1. The van der Waals surface area contributed by atoms with E-state index in [0.29, 0.717) is 23.4 Å². The van der Waals surface area contributed by atoms with E-state index in [1.165, 1.54) is 0 Å². The van der Waals surface area contributed by atoms with Gasteiger partial charge in [-0.2, -0.15) is 0 Å². The average Bonchev–Trinajstić information content (AvgIpc) is 3.23. The van der Waals surface area contributed by atoms with Gasteiger partial charge in [-0.05, 0) is 54.8 Å². The van der Waals surface area contributed by atoms with Gasteiger partial charge in [0.1, 0.15) is 5.58 Å². The van der Waals surface area contributed by atoms with Crippen LogP contribution in [0.3, 0.4) is 0 Å². The minimum atomic E-state index is -0.317. The van der Waals surface area contributed by atoms with Gasteiger partial charge in [0.25, 0.3) is 11.8 Å². The number of para-hydroxylation sites is 1. The van der Waals surface area contributed by atoms with Crippen LogP contribution in [-0.2, 0) is 6.42 Å². The molecule has 1 aliphatic heterocycles. The van der Waals surface area contributed by atoms with Gasteiger partial charge >= 0.3 is 0 Å². The van der Waals surface area contributed by atoms with Crippen LogP contribution in [0.4, 0.5) is 11.4 Å². The van der Waals surface area contributed by atoms with Gasteiger partial charge in [0, 0.05) is 28.9 Å². The zero-order chi connectivity index (χ0) is 20.5. The lowest BCUT2D eigenvalue weighted by Gasteiger charge is -2.30. The number of anilines is 2. The molecule has 1 aromatic heterocycles. The third kappa shape index (κ3) is 3.35. The molecule has 0 aliphatic carbocycles. The molecule has 0 fully saturated rings. The molecule has 2 amide bonds. The van der Waals surface area contributed by atoms with Gasteiger partial charge in [-0.15, -0.1) is 0 Å². The fourth-order valence-corrected chi connectivity index (χ4v) is 3.89. The Hall–Kier alpha value is -3.86. The molecule has 0 radical (unpaired) electrons. The van der Waals surface area contributed by atoms with Crippen molar-refractivity contribution in [1.29, 1.82) is 0 Å². The molecule has 0 spiro atoms. The highest BCUT2D eigenvalue weighted by Gasteiger charge is 2.24. The predicted octanol–water partition coefficient (Wildman–Crippen LogP) is 5.28. The van der Waals surface area contributed by atoms with Gasteiger partial charge < -0.3 is 14.6 Å². The maximum absolute atomic E-state index is 13.0. The van der Waals surface area contributed by atoms with E-state index in [2.05, 4.69) is 5.32 Å². The Morgan fingerprint density at radius 2 is 1.70 bits per heavy atom. The number of hydrogen-bond acceptors (Lipinski definition) is 3. The summed E-state index contributed by atoms with van der Waals surface area (Å²) in [5.74, 6) is -0.0913. The summed E-state index contributed by atoms with van der Waals surface area (Å²) in [6, 6.07) is 24.2. The Bertz CT molecular complexity index is 1210. The lowest BCUT2D eigenvalue weighted by Crippen LogP contribution is -2.35. The van der Waals surface area contributed by atoms with E-state index in [0.717, 1.165) is 29.5 Å². The van der Waals surface area contributed by atoms with Crippen molar-refractivity contribution in [2.45, 2.75) is 12.8 Å². The molecule has 0 bridgehead atoms. The van der Waals surface area contributed by atoms with Crippen LogP contribution in [0.2, 0.25) is 0 Å². The summed E-state index contributed by atoms with van der Waals surface area (Å²) in [7, 11) is 0. The second kappa shape index (κ2) is 7.52. The normalized spacial score (nSPS) is 13.1. The molecule has 0 unspecified atom stereocenters. The van der Waals surface area contributed by atoms with Gasteiger partial charge in [-0.25, -0.2) is 0 Å². The summed E-state index contributed by atoms with van der Waals surface area (Å²) >= 11 is 0. The molecule has 148 valence electrons. The number of fused-ring (bicyclic) bond motifs is 2. The molecule has 5 heteroatoms. The van der Waals surface area contributed by atoms with Crippen LogP contribution in [0.5, 0.6) is 0 Å². The summed E-state index contributed by atoms with van der Waals surface area (Å²) in [6.45, 7) is 0.654. The molecule has 2 heterocycles. The first kappa shape index (κ1) is 18.2. The molecule has 5 rings (SSSR count). The topological polar surface area (TPSA) is 62.6 Å². The first-order valence-corrected chi connectivity index (χ1v) is 9.99. The van der Waals surface area contributed by atoms with Gasteiger partial charge in [0.05, 0.1) is 0 Å². The summed E-state index contributed by atoms with van der Waals surface area (Å²) < 4.78 is 5.66. The monoisotopic (exact) mass is 396 g/mol. The van der Waals surface area contributed by atoms with Gasteiger partial charge in [0.2, 0.25) is 0 Å². The second-order valence-electron chi connectivity index (χ2n) is 7.37. The molecular formula is C25H20N2O3. The van der Waals surface area contributed by atoms with Crippen molar-refractivity contribution >= 4 is 34.2 Å². The Kier molecular flexibility index (Phi) is 4.56. The van der Waals surface area contributed by atoms with E-state index in [-0.39, 0.29) is 17.6 Å². The van der Waals surface area contributed by atoms with Crippen molar-refractivity contribution in [2.75, 3.05) is 16.8 Å². The lowest BCUT2D eigenvalue weighted by atomic mass is 10.00. The smallest absolute Gasteiger partial charge is 0.291 e. The highest BCUT2D eigenvalue weighted by atomic mass is 16.3. The number of hydrogen-bond donors (Lipinski definition) is 1. The Morgan fingerprint density at radius 1 is 0.900 bits per heavy atom. The van der Waals surface area contributed by atoms with Crippen LogP contribution in [0.25, 0.3) is 11.0 Å². The van der Waals surface area contributed by atoms with Crippen LogP contribution in [-0.4, -0.2) is 18.4 Å². The van der Waals surface area contributed by atoms with Crippen LogP contribution < -0.4 is 10.2 Å². The molecule has 30 heavy (non-hydrogen) atoms. The number of nitrogens with zero attached hydrogens (tertiary/aromatic N) is 1. The number of benzene rings is 3. The van der Waals surface area contributed by atoms with Gasteiger partial charge in [-0.1, -0.05) is 42.5 Å². The Balaban J connectivity index is 1.42. The number of carbonyl (C=O) groups is 2. The van der Waals surface area contributed by atoms with Crippen LogP contribution in [0.15, 0.2) is 83.3 Å². The fourth-order valence-electron chi connectivity index (χ4n) is 3.89. The van der Waals surface area contributed by atoms with Gasteiger partial charge in [0.15, 0.2) is 5.76 Å². The number of rotatable bonds is 3. The molecule has 1 N–H and O–H groups in total. The van der Waals surface area contributed by atoms with Crippen molar-refractivity contribution in [1.82, 2.24) is 0 Å². The minimum Gasteiger partial charge on any atom is -0.451 e. The van der Waals surface area contributed by atoms with E-state index in [1.54, 1.807) is 11.0 Å². The zero-order valence-corrected chi connectivity index (χ0v) is 16.3. The standard InChI is InChI=1S/C25H20N2O3/c28-24(23-15-19-9-4-5-11-22(19)30-23)26-20-13-12-17-10-6-14-27(21(17)16-20)25(29)18-7-2-1-3-8-18/h1-5,7-9,11-13,15-16H,6,10,14H2,(H,26,28). The number of nitrogens with one attached hydrogen (secondary N) is 1. The predicted molar refractivity (Wildman–Crippen MR) is 117 cm³/mol. The number of furan rings is 1. The number of amides is 2. The molecular weight excluding hydrogens is 376 g/mol. The summed E-state index contributed by atoms with van der Waals surface area (Å²) in [5.41, 5.74) is 3.91. The van der Waals surface area contributed by atoms with E-state index in [4.69, 9.17) is 4.42 Å². The second-order valence-corrected chi connectivity index (χ2v) is 7.37. The fraction of sp³-hybridized carbons (Fsp3) is 0.120. The molecule has 5 nitrogen and oxygen atoms in total. The maximum Gasteiger partial charge on any atom is 0.291 e. The van der Waals surface area contributed by atoms with E-state index >= 15 is 0 Å². The van der Waals surface area contributed by atoms with Crippen molar-refractivity contribution in [3.63, 3.8) is 0 Å². The maximum atomic E-state index is 13.0. The molecule has 0 saturated heterocycles. The van der Waals surface area contributed by atoms with E-state index < -0.39 is 0 Å². The van der Waals surface area contributed by atoms with Crippen molar-refractivity contribution < 1.29 is 14.0 Å². The Morgan fingerprint density at radius 3 is 2.53 bits per heavy atom. The minimum absolute atomic E-state index is 0.0303. The molecule has 0 atom stereocenters. The van der Waals surface area contributed by atoms with Crippen LogP contribution in [0, 0.1) is 0 Å². The van der Waals surface area contributed by atoms with Crippen molar-refractivity contribution in [2.24, 2.45) is 0 Å². The number of carbonyl (C=O) groups excluding carboxylic acids is 2. The zero-order valence-electron chi connectivity index (χ0n) is 16.3. The molecule has 3 aromatic carbocycles. The molecule has 1 aliphatic rings.